The van der Waals surface area contributed by atoms with E-state index in [1.165, 1.54) is 0 Å². The van der Waals surface area contributed by atoms with Gasteiger partial charge in [0, 0.05) is 18.3 Å². The lowest BCUT2D eigenvalue weighted by molar-refractivity contribution is 0.305. The van der Waals surface area contributed by atoms with Crippen molar-refractivity contribution in [1.29, 1.82) is 0 Å². The van der Waals surface area contributed by atoms with Gasteiger partial charge in [-0.3, -0.25) is 4.98 Å². The van der Waals surface area contributed by atoms with Crippen LogP contribution in [0.3, 0.4) is 0 Å². The van der Waals surface area contributed by atoms with Crippen LogP contribution < -0.4 is 4.74 Å². The van der Waals surface area contributed by atoms with Crippen molar-refractivity contribution in [1.82, 2.24) is 15.0 Å². The zero-order valence-corrected chi connectivity index (χ0v) is 8.51. The molecule has 0 amide bonds. The van der Waals surface area contributed by atoms with Crippen molar-refractivity contribution >= 4 is 0 Å². The lowest BCUT2D eigenvalue weighted by Crippen LogP contribution is -2.04. The van der Waals surface area contributed by atoms with Crippen LogP contribution in [0, 0.1) is 5.95 Å². The number of nitrogens with zero attached hydrogens (tertiary/aromatic N) is 3. The monoisotopic (exact) mass is 219 g/mol. The molecule has 0 bridgehead atoms. The fourth-order valence-electron chi connectivity index (χ4n) is 1.20. The summed E-state index contributed by atoms with van der Waals surface area (Å²) in [5.41, 5.74) is 0.928. The Morgan fingerprint density at radius 2 is 2.12 bits per heavy atom. The van der Waals surface area contributed by atoms with Crippen molar-refractivity contribution in [3.63, 3.8) is 0 Å². The molecule has 4 nitrogen and oxygen atoms in total. The molecule has 0 fully saturated rings. The Hall–Kier alpha value is -2.04. The number of rotatable bonds is 4. The van der Waals surface area contributed by atoms with Gasteiger partial charge in [0.05, 0.1) is 12.7 Å². The fourth-order valence-corrected chi connectivity index (χ4v) is 1.20. The molecule has 0 spiro atoms. The van der Waals surface area contributed by atoms with Gasteiger partial charge in [-0.25, -0.2) is 9.97 Å². The van der Waals surface area contributed by atoms with Crippen LogP contribution >= 0.6 is 0 Å². The molecule has 0 saturated carbocycles. The van der Waals surface area contributed by atoms with E-state index in [-0.39, 0.29) is 5.88 Å². The van der Waals surface area contributed by atoms with E-state index < -0.39 is 5.95 Å². The topological polar surface area (TPSA) is 47.9 Å². The van der Waals surface area contributed by atoms with E-state index in [9.17, 15) is 4.39 Å². The summed E-state index contributed by atoms with van der Waals surface area (Å²) in [4.78, 5) is 11.3. The predicted octanol–water partition coefficient (Wildman–Crippen LogP) is 1.63. The summed E-state index contributed by atoms with van der Waals surface area (Å²) in [5.74, 6) is -0.355. The summed E-state index contributed by atoms with van der Waals surface area (Å²) >= 11 is 0. The molecule has 0 N–H and O–H groups in total. The van der Waals surface area contributed by atoms with Crippen LogP contribution in [0.1, 0.15) is 5.69 Å². The predicted molar refractivity (Wildman–Crippen MR) is 55.4 cm³/mol. The Bertz CT molecular complexity index is 450. The van der Waals surface area contributed by atoms with Crippen molar-refractivity contribution in [3.8, 4) is 5.88 Å². The number of hydrogen-bond donors (Lipinski definition) is 0. The molecule has 0 aliphatic carbocycles. The van der Waals surface area contributed by atoms with Gasteiger partial charge in [-0.05, 0) is 12.1 Å². The summed E-state index contributed by atoms with van der Waals surface area (Å²) in [6.45, 7) is 0.410. The third-order valence-electron chi connectivity index (χ3n) is 1.94. The van der Waals surface area contributed by atoms with E-state index in [4.69, 9.17) is 4.74 Å². The summed E-state index contributed by atoms with van der Waals surface area (Å²) in [7, 11) is 0. The second kappa shape index (κ2) is 5.16. The van der Waals surface area contributed by atoms with Crippen LogP contribution in [0.4, 0.5) is 4.39 Å². The van der Waals surface area contributed by atoms with E-state index in [0.29, 0.717) is 13.0 Å². The average molecular weight is 219 g/mol. The maximum absolute atomic E-state index is 12.7. The first-order valence-electron chi connectivity index (χ1n) is 4.85. The van der Waals surface area contributed by atoms with Crippen molar-refractivity contribution in [2.45, 2.75) is 6.42 Å². The summed E-state index contributed by atoms with van der Waals surface area (Å²) < 4.78 is 17.9. The van der Waals surface area contributed by atoms with E-state index in [2.05, 4.69) is 15.0 Å². The molecule has 0 aliphatic heterocycles. The van der Waals surface area contributed by atoms with Gasteiger partial charge in [-0.2, -0.15) is 4.39 Å². The Labute approximate surface area is 92.2 Å². The van der Waals surface area contributed by atoms with Gasteiger partial charge in [0.15, 0.2) is 0 Å². The van der Waals surface area contributed by atoms with E-state index in [0.717, 1.165) is 18.1 Å². The highest BCUT2D eigenvalue weighted by Gasteiger charge is 1.99. The zero-order valence-electron chi connectivity index (χ0n) is 8.51. The Balaban J connectivity index is 1.85. The van der Waals surface area contributed by atoms with Crippen LogP contribution in [0.2, 0.25) is 0 Å². The number of aromatic nitrogens is 3. The number of ether oxygens (including phenoxy) is 1. The molecule has 0 aliphatic rings. The van der Waals surface area contributed by atoms with E-state index in [1.807, 2.05) is 18.2 Å². The van der Waals surface area contributed by atoms with Gasteiger partial charge < -0.3 is 4.74 Å². The van der Waals surface area contributed by atoms with Gasteiger partial charge >= 0.3 is 0 Å². The fraction of sp³-hybridized carbons (Fsp3) is 0.182. The van der Waals surface area contributed by atoms with Crippen molar-refractivity contribution < 1.29 is 9.13 Å². The van der Waals surface area contributed by atoms with Crippen LogP contribution in [-0.4, -0.2) is 21.6 Å². The van der Waals surface area contributed by atoms with Crippen LogP contribution in [0.5, 0.6) is 5.88 Å². The lowest BCUT2D eigenvalue weighted by atomic mass is 10.3. The average Bonchev–Trinajstić information content (AvgIpc) is 2.30. The minimum absolute atomic E-state index is 0.239. The van der Waals surface area contributed by atoms with Crippen molar-refractivity contribution in [2.24, 2.45) is 0 Å². The third kappa shape index (κ3) is 2.98. The first-order chi connectivity index (χ1) is 7.84. The molecule has 2 heterocycles. The minimum atomic E-state index is -0.595. The Kier molecular flexibility index (Phi) is 3.38. The summed E-state index contributed by atoms with van der Waals surface area (Å²) in [5, 5.41) is 0. The normalized spacial score (nSPS) is 10.1. The number of hydrogen-bond acceptors (Lipinski definition) is 4. The van der Waals surface area contributed by atoms with Gasteiger partial charge in [-0.15, -0.1) is 0 Å². The second-order valence-electron chi connectivity index (χ2n) is 3.10. The minimum Gasteiger partial charge on any atom is -0.477 e. The quantitative estimate of drug-likeness (QED) is 0.733. The third-order valence-corrected chi connectivity index (χ3v) is 1.94. The van der Waals surface area contributed by atoms with Gasteiger partial charge in [0.2, 0.25) is 11.8 Å². The highest BCUT2D eigenvalue weighted by molar-refractivity contribution is 5.07. The number of halogens is 1. The molecule has 0 saturated heterocycles. The molecule has 2 aromatic heterocycles. The Morgan fingerprint density at radius 1 is 1.19 bits per heavy atom. The van der Waals surface area contributed by atoms with Gasteiger partial charge in [-0.1, -0.05) is 6.07 Å². The SMILES string of the molecule is Fc1cc(OCCc2ccccn2)ncn1. The molecule has 2 rings (SSSR count). The van der Waals surface area contributed by atoms with Gasteiger partial charge in [0.1, 0.15) is 6.33 Å². The highest BCUT2D eigenvalue weighted by atomic mass is 19.1. The van der Waals surface area contributed by atoms with E-state index in [1.54, 1.807) is 6.20 Å². The second-order valence-corrected chi connectivity index (χ2v) is 3.10. The van der Waals surface area contributed by atoms with Crippen LogP contribution in [-0.2, 0) is 6.42 Å². The van der Waals surface area contributed by atoms with Gasteiger partial charge in [0.25, 0.3) is 0 Å². The largest absolute Gasteiger partial charge is 0.477 e. The molecular weight excluding hydrogens is 209 g/mol. The molecule has 82 valence electrons. The molecule has 0 unspecified atom stereocenters. The Morgan fingerprint density at radius 3 is 2.88 bits per heavy atom. The molecule has 0 aromatic carbocycles. The van der Waals surface area contributed by atoms with Crippen LogP contribution in [0.25, 0.3) is 0 Å². The van der Waals surface area contributed by atoms with Crippen LogP contribution in [0.15, 0.2) is 36.8 Å². The molecule has 0 radical (unpaired) electrons. The summed E-state index contributed by atoms with van der Waals surface area (Å²) in [6, 6.07) is 6.82. The molecular formula is C11H10FN3O. The summed E-state index contributed by atoms with van der Waals surface area (Å²) in [6.07, 6.45) is 3.51. The lowest BCUT2D eigenvalue weighted by Gasteiger charge is -2.03. The van der Waals surface area contributed by atoms with Crippen molar-refractivity contribution in [3.05, 3.63) is 48.4 Å². The highest BCUT2D eigenvalue weighted by Crippen LogP contribution is 2.05. The molecule has 0 atom stereocenters. The standard InChI is InChI=1S/C11H10FN3O/c12-10-7-11(15-8-14-10)16-6-4-9-3-1-2-5-13-9/h1-3,5,7-8H,4,6H2. The van der Waals surface area contributed by atoms with E-state index >= 15 is 0 Å². The number of pyridine rings is 1. The molecule has 2 aromatic rings. The maximum Gasteiger partial charge on any atom is 0.219 e. The molecule has 16 heavy (non-hydrogen) atoms. The molecule has 5 heteroatoms. The van der Waals surface area contributed by atoms with Crippen molar-refractivity contribution in [2.75, 3.05) is 6.61 Å². The smallest absolute Gasteiger partial charge is 0.219 e. The first kappa shape index (κ1) is 10.5. The maximum atomic E-state index is 12.7. The zero-order chi connectivity index (χ0) is 11.2. The first-order valence-corrected chi connectivity index (χ1v) is 4.85.